The molecule has 1 aromatic heterocycles. The lowest BCUT2D eigenvalue weighted by Crippen LogP contribution is -2.33. The van der Waals surface area contributed by atoms with Crippen LogP contribution in [0.5, 0.6) is 0 Å². The van der Waals surface area contributed by atoms with E-state index in [4.69, 9.17) is 4.52 Å². The first-order valence-corrected chi connectivity index (χ1v) is 10.5. The van der Waals surface area contributed by atoms with Gasteiger partial charge in [0, 0.05) is 10.6 Å². The molecule has 2 aromatic carbocycles. The standard InChI is InChI=1S/C22H24N4O3S/c1-13-9-14(2)21(15(3)10-13)25-19(27)11-23-22(28)17-7-5-6-8-18(17)30-12-20-24-16(4)26-29-20/h5-10H,11-12H2,1-4H3,(H,23,28)(H,25,27). The Morgan fingerprint density at radius 2 is 1.77 bits per heavy atom. The third kappa shape index (κ3) is 5.48. The molecule has 156 valence electrons. The van der Waals surface area contributed by atoms with E-state index in [0.717, 1.165) is 27.3 Å². The zero-order valence-electron chi connectivity index (χ0n) is 17.4. The number of nitrogens with zero attached hydrogens (tertiary/aromatic N) is 2. The van der Waals surface area contributed by atoms with E-state index in [1.165, 1.54) is 11.8 Å². The number of anilines is 1. The molecule has 0 saturated carbocycles. The van der Waals surface area contributed by atoms with Gasteiger partial charge in [0.25, 0.3) is 5.91 Å². The highest BCUT2D eigenvalue weighted by Crippen LogP contribution is 2.26. The summed E-state index contributed by atoms with van der Waals surface area (Å²) in [5, 5.41) is 9.35. The lowest BCUT2D eigenvalue weighted by Gasteiger charge is -2.13. The maximum Gasteiger partial charge on any atom is 0.252 e. The van der Waals surface area contributed by atoms with Gasteiger partial charge in [-0.3, -0.25) is 9.59 Å². The van der Waals surface area contributed by atoms with Gasteiger partial charge in [0.05, 0.1) is 17.9 Å². The first-order chi connectivity index (χ1) is 14.3. The fraction of sp³-hybridized carbons (Fsp3) is 0.273. The molecular formula is C22H24N4O3S. The van der Waals surface area contributed by atoms with Gasteiger partial charge >= 0.3 is 0 Å². The van der Waals surface area contributed by atoms with Crippen LogP contribution in [0.15, 0.2) is 45.8 Å². The van der Waals surface area contributed by atoms with Gasteiger partial charge in [-0.2, -0.15) is 4.98 Å². The summed E-state index contributed by atoms with van der Waals surface area (Å²) in [5.74, 6) is 0.937. The average molecular weight is 425 g/mol. The quantitative estimate of drug-likeness (QED) is 0.557. The molecule has 3 rings (SSSR count). The minimum absolute atomic E-state index is 0.118. The topological polar surface area (TPSA) is 97.1 Å². The van der Waals surface area contributed by atoms with Crippen LogP contribution in [0.1, 0.15) is 38.8 Å². The second-order valence-electron chi connectivity index (χ2n) is 7.02. The van der Waals surface area contributed by atoms with Crippen molar-refractivity contribution in [1.29, 1.82) is 0 Å². The molecule has 0 radical (unpaired) electrons. The van der Waals surface area contributed by atoms with Gasteiger partial charge in [0.15, 0.2) is 5.82 Å². The largest absolute Gasteiger partial charge is 0.343 e. The number of benzene rings is 2. The number of hydrogen-bond donors (Lipinski definition) is 2. The fourth-order valence-electron chi connectivity index (χ4n) is 3.13. The van der Waals surface area contributed by atoms with Gasteiger partial charge in [-0.25, -0.2) is 0 Å². The molecule has 2 amide bonds. The van der Waals surface area contributed by atoms with Gasteiger partial charge in [-0.1, -0.05) is 35.0 Å². The van der Waals surface area contributed by atoms with E-state index in [1.54, 1.807) is 19.1 Å². The molecule has 0 spiro atoms. The molecule has 0 fully saturated rings. The second kappa shape index (κ2) is 9.58. The predicted octanol–water partition coefficient (Wildman–Crippen LogP) is 3.96. The first-order valence-electron chi connectivity index (χ1n) is 9.50. The maximum atomic E-state index is 12.7. The summed E-state index contributed by atoms with van der Waals surface area (Å²) < 4.78 is 5.11. The summed E-state index contributed by atoms with van der Waals surface area (Å²) in [5.41, 5.74) is 4.40. The van der Waals surface area contributed by atoms with Crippen LogP contribution in [-0.4, -0.2) is 28.5 Å². The molecule has 2 N–H and O–H groups in total. The normalized spacial score (nSPS) is 10.7. The number of carbonyl (C=O) groups is 2. The van der Waals surface area contributed by atoms with E-state index < -0.39 is 0 Å². The van der Waals surface area contributed by atoms with Crippen LogP contribution in [0.4, 0.5) is 5.69 Å². The smallest absolute Gasteiger partial charge is 0.252 e. The number of amides is 2. The first kappa shape index (κ1) is 21.6. The molecule has 0 atom stereocenters. The number of rotatable bonds is 7. The van der Waals surface area contributed by atoms with Crippen molar-refractivity contribution in [1.82, 2.24) is 15.5 Å². The van der Waals surface area contributed by atoms with Crippen LogP contribution < -0.4 is 10.6 Å². The zero-order chi connectivity index (χ0) is 21.7. The third-order valence-electron chi connectivity index (χ3n) is 4.40. The highest BCUT2D eigenvalue weighted by molar-refractivity contribution is 7.98. The highest BCUT2D eigenvalue weighted by atomic mass is 32.2. The predicted molar refractivity (Wildman–Crippen MR) is 117 cm³/mol. The number of hydrogen-bond acceptors (Lipinski definition) is 6. The zero-order valence-corrected chi connectivity index (χ0v) is 18.2. The van der Waals surface area contributed by atoms with E-state index in [0.29, 0.717) is 23.0 Å². The summed E-state index contributed by atoms with van der Waals surface area (Å²) in [6.45, 7) is 7.55. The van der Waals surface area contributed by atoms with Crippen LogP contribution >= 0.6 is 11.8 Å². The Balaban J connectivity index is 1.60. The van der Waals surface area contributed by atoms with E-state index >= 15 is 0 Å². The molecule has 3 aromatic rings. The van der Waals surface area contributed by atoms with Crippen molar-refractivity contribution in [3.8, 4) is 0 Å². The van der Waals surface area contributed by atoms with Crippen molar-refractivity contribution in [3.05, 3.63) is 70.4 Å². The van der Waals surface area contributed by atoms with Gasteiger partial charge < -0.3 is 15.2 Å². The molecule has 0 aliphatic heterocycles. The van der Waals surface area contributed by atoms with E-state index in [1.807, 2.05) is 45.0 Å². The van der Waals surface area contributed by atoms with E-state index in [2.05, 4.69) is 20.8 Å². The van der Waals surface area contributed by atoms with E-state index in [9.17, 15) is 9.59 Å². The molecule has 0 bridgehead atoms. The summed E-state index contributed by atoms with van der Waals surface area (Å²) >= 11 is 1.43. The number of aryl methyl sites for hydroxylation is 4. The molecule has 1 heterocycles. The molecule has 30 heavy (non-hydrogen) atoms. The Bertz CT molecular complexity index is 1050. The monoisotopic (exact) mass is 424 g/mol. The van der Waals surface area contributed by atoms with Crippen LogP contribution in [-0.2, 0) is 10.5 Å². The third-order valence-corrected chi connectivity index (χ3v) is 5.46. The van der Waals surface area contributed by atoms with Crippen LogP contribution in [0.3, 0.4) is 0 Å². The summed E-state index contributed by atoms with van der Waals surface area (Å²) in [7, 11) is 0. The highest BCUT2D eigenvalue weighted by Gasteiger charge is 2.15. The van der Waals surface area contributed by atoms with E-state index in [-0.39, 0.29) is 18.4 Å². The van der Waals surface area contributed by atoms with Gasteiger partial charge in [-0.05, 0) is 51.0 Å². The second-order valence-corrected chi connectivity index (χ2v) is 8.04. The van der Waals surface area contributed by atoms with Crippen molar-refractivity contribution in [2.45, 2.75) is 38.3 Å². The molecule has 7 nitrogen and oxygen atoms in total. The maximum absolute atomic E-state index is 12.7. The minimum Gasteiger partial charge on any atom is -0.343 e. The summed E-state index contributed by atoms with van der Waals surface area (Å²) in [6, 6.07) is 11.2. The Hall–Kier alpha value is -3.13. The summed E-state index contributed by atoms with van der Waals surface area (Å²) in [6.07, 6.45) is 0. The lowest BCUT2D eigenvalue weighted by molar-refractivity contribution is -0.115. The molecule has 8 heteroatoms. The van der Waals surface area contributed by atoms with Crippen LogP contribution in [0.25, 0.3) is 0 Å². The molecular weight excluding hydrogens is 400 g/mol. The molecule has 0 saturated heterocycles. The van der Waals surface area contributed by atoms with Crippen molar-refractivity contribution < 1.29 is 14.1 Å². The van der Waals surface area contributed by atoms with Crippen molar-refractivity contribution in [2.24, 2.45) is 0 Å². The lowest BCUT2D eigenvalue weighted by atomic mass is 10.1. The van der Waals surface area contributed by atoms with Crippen molar-refractivity contribution in [3.63, 3.8) is 0 Å². The van der Waals surface area contributed by atoms with Crippen LogP contribution in [0, 0.1) is 27.7 Å². The number of thioether (sulfide) groups is 1. The van der Waals surface area contributed by atoms with Crippen molar-refractivity contribution >= 4 is 29.3 Å². The Morgan fingerprint density at radius 3 is 2.43 bits per heavy atom. The van der Waals surface area contributed by atoms with Gasteiger partial charge in [0.1, 0.15) is 0 Å². The molecule has 0 aliphatic carbocycles. The number of aromatic nitrogens is 2. The molecule has 0 unspecified atom stereocenters. The SMILES string of the molecule is Cc1cc(C)c(NC(=O)CNC(=O)c2ccccc2SCc2nc(C)no2)c(C)c1. The fourth-order valence-corrected chi connectivity index (χ4v) is 4.02. The number of carbonyl (C=O) groups excluding carboxylic acids is 2. The Morgan fingerprint density at radius 1 is 1.07 bits per heavy atom. The van der Waals surface area contributed by atoms with Crippen molar-refractivity contribution in [2.75, 3.05) is 11.9 Å². The van der Waals surface area contributed by atoms with Gasteiger partial charge in [-0.15, -0.1) is 11.8 Å². The molecule has 0 aliphatic rings. The van der Waals surface area contributed by atoms with Crippen LogP contribution in [0.2, 0.25) is 0 Å². The van der Waals surface area contributed by atoms with Gasteiger partial charge in [0.2, 0.25) is 11.8 Å². The average Bonchev–Trinajstić information content (AvgIpc) is 3.12. The Kier molecular flexibility index (Phi) is 6.89. The Labute approximate surface area is 179 Å². The summed E-state index contributed by atoms with van der Waals surface area (Å²) in [4.78, 5) is 30.0. The minimum atomic E-state index is -0.313. The number of nitrogens with one attached hydrogen (secondary N) is 2.